The maximum atomic E-state index is 12.8. The molecule has 0 aliphatic heterocycles. The van der Waals surface area contributed by atoms with Crippen LogP contribution in [0.4, 0.5) is 0 Å². The third kappa shape index (κ3) is 3.65. The van der Waals surface area contributed by atoms with Crippen LogP contribution >= 0.6 is 15.9 Å². The quantitative estimate of drug-likeness (QED) is 0.711. The number of halogens is 1. The second-order valence-corrected chi connectivity index (χ2v) is 6.13. The van der Waals surface area contributed by atoms with Gasteiger partial charge in [0.1, 0.15) is 11.5 Å². The number of rotatable bonds is 6. The molecule has 0 radical (unpaired) electrons. The Hall–Kier alpha value is -2.05. The minimum absolute atomic E-state index is 0.0780. The molecule has 6 heteroatoms. The van der Waals surface area contributed by atoms with Gasteiger partial charge in [-0.25, -0.2) is 0 Å². The monoisotopic (exact) mass is 376 g/mol. The summed E-state index contributed by atoms with van der Waals surface area (Å²) in [6.45, 7) is 1.38. The Morgan fingerprint density at radius 3 is 2.96 bits per heavy atom. The van der Waals surface area contributed by atoms with Crippen LogP contribution in [0.25, 0.3) is 10.9 Å². The Morgan fingerprint density at radius 1 is 1.35 bits per heavy atom. The van der Waals surface area contributed by atoms with E-state index in [1.165, 1.54) is 0 Å². The molecule has 3 aromatic rings. The Bertz CT molecular complexity index is 795. The van der Waals surface area contributed by atoms with Crippen molar-refractivity contribution in [2.24, 2.45) is 0 Å². The Morgan fingerprint density at radius 2 is 2.22 bits per heavy atom. The topological polar surface area (TPSA) is 58.5 Å². The SMILES string of the molecule is COCCN(Cc1ccco1)C(=O)c1cc2cc(Br)ccc2[nH]1. The number of fused-ring (bicyclic) bond motifs is 1. The van der Waals surface area contributed by atoms with Crippen molar-refractivity contribution in [1.82, 2.24) is 9.88 Å². The van der Waals surface area contributed by atoms with Crippen molar-refractivity contribution in [1.29, 1.82) is 0 Å². The molecular formula is C17H17BrN2O3. The molecule has 1 amide bonds. The number of aromatic nitrogens is 1. The number of carbonyl (C=O) groups excluding carboxylic acids is 1. The Balaban J connectivity index is 1.85. The molecule has 2 aromatic heterocycles. The average molecular weight is 377 g/mol. The average Bonchev–Trinajstić information content (AvgIpc) is 3.19. The van der Waals surface area contributed by atoms with Gasteiger partial charge in [-0.2, -0.15) is 0 Å². The lowest BCUT2D eigenvalue weighted by molar-refractivity contribution is 0.0661. The van der Waals surface area contributed by atoms with Gasteiger partial charge in [-0.3, -0.25) is 4.79 Å². The summed E-state index contributed by atoms with van der Waals surface area (Å²) in [5.74, 6) is 0.666. The number of hydrogen-bond acceptors (Lipinski definition) is 3. The van der Waals surface area contributed by atoms with Crippen molar-refractivity contribution in [2.45, 2.75) is 6.54 Å². The molecule has 3 rings (SSSR count). The highest BCUT2D eigenvalue weighted by Gasteiger charge is 2.19. The van der Waals surface area contributed by atoms with Crippen molar-refractivity contribution in [3.8, 4) is 0 Å². The zero-order valence-electron chi connectivity index (χ0n) is 12.7. The van der Waals surface area contributed by atoms with E-state index >= 15 is 0 Å². The highest BCUT2D eigenvalue weighted by molar-refractivity contribution is 9.10. The van der Waals surface area contributed by atoms with Crippen molar-refractivity contribution < 1.29 is 13.9 Å². The standard InChI is InChI=1S/C17H17BrN2O3/c1-22-8-6-20(11-14-3-2-7-23-14)17(21)16-10-12-9-13(18)4-5-15(12)19-16/h2-5,7,9-10,19H,6,8,11H2,1H3. The molecule has 23 heavy (non-hydrogen) atoms. The fourth-order valence-corrected chi connectivity index (χ4v) is 2.81. The van der Waals surface area contributed by atoms with Crippen LogP contribution in [0.1, 0.15) is 16.2 Å². The molecule has 5 nitrogen and oxygen atoms in total. The number of nitrogens with one attached hydrogen (secondary N) is 1. The molecule has 0 fully saturated rings. The molecule has 0 aliphatic carbocycles. The molecule has 1 N–H and O–H groups in total. The van der Waals surface area contributed by atoms with E-state index in [4.69, 9.17) is 9.15 Å². The zero-order chi connectivity index (χ0) is 16.2. The number of aromatic amines is 1. The zero-order valence-corrected chi connectivity index (χ0v) is 14.3. The molecule has 1 aromatic carbocycles. The van der Waals surface area contributed by atoms with E-state index in [0.29, 0.717) is 25.4 Å². The summed E-state index contributed by atoms with van der Waals surface area (Å²) in [6.07, 6.45) is 1.61. The molecule has 0 aliphatic rings. The van der Waals surface area contributed by atoms with E-state index in [2.05, 4.69) is 20.9 Å². The second-order valence-electron chi connectivity index (χ2n) is 5.21. The minimum Gasteiger partial charge on any atom is -0.467 e. The first-order chi connectivity index (χ1) is 11.2. The van der Waals surface area contributed by atoms with E-state index in [0.717, 1.165) is 21.1 Å². The number of furan rings is 1. The lowest BCUT2D eigenvalue weighted by Crippen LogP contribution is -2.33. The van der Waals surface area contributed by atoms with Crippen LogP contribution in [0.2, 0.25) is 0 Å². The molecule has 0 unspecified atom stereocenters. The van der Waals surface area contributed by atoms with Crippen molar-refractivity contribution in [2.75, 3.05) is 20.3 Å². The number of carbonyl (C=O) groups is 1. The van der Waals surface area contributed by atoms with Crippen LogP contribution in [0.3, 0.4) is 0 Å². The van der Waals surface area contributed by atoms with Gasteiger partial charge < -0.3 is 19.0 Å². The van der Waals surface area contributed by atoms with E-state index < -0.39 is 0 Å². The summed E-state index contributed by atoms with van der Waals surface area (Å²) in [7, 11) is 1.62. The number of nitrogens with zero attached hydrogens (tertiary/aromatic N) is 1. The lowest BCUT2D eigenvalue weighted by atomic mass is 10.2. The third-order valence-electron chi connectivity index (χ3n) is 3.59. The maximum absolute atomic E-state index is 12.8. The fraction of sp³-hybridized carbons (Fsp3) is 0.235. The highest BCUT2D eigenvalue weighted by atomic mass is 79.9. The molecule has 0 saturated carbocycles. The Kier molecular flexibility index (Phi) is 4.83. The normalized spacial score (nSPS) is 11.0. The third-order valence-corrected chi connectivity index (χ3v) is 4.09. The van der Waals surface area contributed by atoms with Gasteiger partial charge in [0.05, 0.1) is 19.4 Å². The number of amides is 1. The van der Waals surface area contributed by atoms with Crippen LogP contribution < -0.4 is 0 Å². The summed E-state index contributed by atoms with van der Waals surface area (Å²) in [5.41, 5.74) is 1.49. The number of H-pyrrole nitrogens is 1. The summed E-state index contributed by atoms with van der Waals surface area (Å²) < 4.78 is 11.4. The summed E-state index contributed by atoms with van der Waals surface area (Å²) in [6, 6.07) is 11.4. The van der Waals surface area contributed by atoms with Crippen LogP contribution in [-0.4, -0.2) is 36.1 Å². The predicted molar refractivity (Wildman–Crippen MR) is 91.3 cm³/mol. The molecule has 0 saturated heterocycles. The molecular weight excluding hydrogens is 360 g/mol. The van der Waals surface area contributed by atoms with Crippen molar-refractivity contribution in [3.63, 3.8) is 0 Å². The summed E-state index contributed by atoms with van der Waals surface area (Å²) in [5, 5.41) is 0.993. The van der Waals surface area contributed by atoms with Crippen molar-refractivity contribution >= 4 is 32.7 Å². The first-order valence-electron chi connectivity index (χ1n) is 7.26. The van der Waals surface area contributed by atoms with Gasteiger partial charge >= 0.3 is 0 Å². The maximum Gasteiger partial charge on any atom is 0.270 e. The first-order valence-corrected chi connectivity index (χ1v) is 8.05. The van der Waals surface area contributed by atoms with E-state index in [9.17, 15) is 4.79 Å². The van der Waals surface area contributed by atoms with Crippen LogP contribution in [0.5, 0.6) is 0 Å². The van der Waals surface area contributed by atoms with Gasteiger partial charge in [-0.05, 0) is 36.4 Å². The van der Waals surface area contributed by atoms with Gasteiger partial charge in [0.25, 0.3) is 5.91 Å². The molecule has 2 heterocycles. The van der Waals surface area contributed by atoms with Crippen LogP contribution in [0.15, 0.2) is 51.6 Å². The van der Waals surface area contributed by atoms with E-state index in [-0.39, 0.29) is 5.91 Å². The molecule has 120 valence electrons. The van der Waals surface area contributed by atoms with Crippen LogP contribution in [0, 0.1) is 0 Å². The van der Waals surface area contributed by atoms with Gasteiger partial charge in [0, 0.05) is 29.0 Å². The van der Waals surface area contributed by atoms with Crippen molar-refractivity contribution in [3.05, 3.63) is 58.6 Å². The smallest absolute Gasteiger partial charge is 0.270 e. The van der Waals surface area contributed by atoms with E-state index in [1.807, 2.05) is 36.4 Å². The minimum atomic E-state index is -0.0780. The number of benzene rings is 1. The summed E-state index contributed by atoms with van der Waals surface area (Å²) >= 11 is 3.44. The van der Waals surface area contributed by atoms with Gasteiger partial charge in [0.2, 0.25) is 0 Å². The fourth-order valence-electron chi connectivity index (χ4n) is 2.43. The van der Waals surface area contributed by atoms with E-state index in [1.54, 1.807) is 18.3 Å². The van der Waals surface area contributed by atoms with Gasteiger partial charge in [-0.15, -0.1) is 0 Å². The second kappa shape index (κ2) is 7.02. The predicted octanol–water partition coefficient (Wildman–Crippen LogP) is 3.81. The molecule has 0 atom stereocenters. The first kappa shape index (κ1) is 15.8. The van der Waals surface area contributed by atoms with Gasteiger partial charge in [0.15, 0.2) is 0 Å². The summed E-state index contributed by atoms with van der Waals surface area (Å²) in [4.78, 5) is 17.7. The van der Waals surface area contributed by atoms with Gasteiger partial charge in [-0.1, -0.05) is 15.9 Å². The molecule has 0 bridgehead atoms. The largest absolute Gasteiger partial charge is 0.467 e. The lowest BCUT2D eigenvalue weighted by Gasteiger charge is -2.20. The number of hydrogen-bond donors (Lipinski definition) is 1. The number of methoxy groups -OCH3 is 1. The highest BCUT2D eigenvalue weighted by Crippen LogP contribution is 2.21. The molecule has 0 spiro atoms. The van der Waals surface area contributed by atoms with Crippen LogP contribution in [-0.2, 0) is 11.3 Å². The Labute approximate surface area is 142 Å². The number of ether oxygens (including phenoxy) is 1.